The predicted octanol–water partition coefficient (Wildman–Crippen LogP) is 3.31. The third-order valence-electron chi connectivity index (χ3n) is 5.73. The normalized spacial score (nSPS) is 19.3. The minimum atomic E-state index is 0.0200. The predicted molar refractivity (Wildman–Crippen MR) is 110 cm³/mol. The number of benzene rings is 2. The molecule has 0 aromatic heterocycles. The highest BCUT2D eigenvalue weighted by Crippen LogP contribution is 2.36. The van der Waals surface area contributed by atoms with Gasteiger partial charge in [-0.2, -0.15) is 0 Å². The molecule has 2 aromatic rings. The van der Waals surface area contributed by atoms with Gasteiger partial charge < -0.3 is 24.4 Å². The molecule has 1 saturated heterocycles. The van der Waals surface area contributed by atoms with E-state index in [0.29, 0.717) is 13.2 Å². The summed E-state index contributed by atoms with van der Waals surface area (Å²) in [4.78, 5) is 14.2. The lowest BCUT2D eigenvalue weighted by Gasteiger charge is -2.41. The fourth-order valence-electron chi connectivity index (χ4n) is 3.74. The second-order valence-corrected chi connectivity index (χ2v) is 8.05. The molecule has 29 heavy (non-hydrogen) atoms. The summed E-state index contributed by atoms with van der Waals surface area (Å²) in [5.41, 5.74) is 2.22. The molecule has 1 aliphatic carbocycles. The van der Waals surface area contributed by atoms with Crippen molar-refractivity contribution in [1.82, 2.24) is 5.32 Å². The van der Waals surface area contributed by atoms with Gasteiger partial charge in [-0.05, 0) is 49.6 Å². The minimum Gasteiger partial charge on any atom is -0.487 e. The summed E-state index contributed by atoms with van der Waals surface area (Å²) in [5, 5.41) is 3.08. The van der Waals surface area contributed by atoms with E-state index in [1.54, 1.807) is 0 Å². The third kappa shape index (κ3) is 3.97. The fourth-order valence-corrected chi connectivity index (χ4v) is 3.74. The maximum Gasteiger partial charge on any atom is 0.223 e. The van der Waals surface area contributed by atoms with Gasteiger partial charge in [0.2, 0.25) is 5.91 Å². The van der Waals surface area contributed by atoms with Crippen LogP contribution in [-0.4, -0.2) is 38.3 Å². The average molecular weight is 394 g/mol. The molecular weight excluding hydrogens is 368 g/mol. The highest BCUT2D eigenvalue weighted by Gasteiger charge is 2.31. The van der Waals surface area contributed by atoms with E-state index in [2.05, 4.69) is 16.3 Å². The molecule has 0 spiro atoms. The summed E-state index contributed by atoms with van der Waals surface area (Å²) in [5.74, 6) is 2.90. The number of carbonyl (C=O) groups excluding carboxylic acids is 1. The van der Waals surface area contributed by atoms with Gasteiger partial charge in [0.1, 0.15) is 25.1 Å². The van der Waals surface area contributed by atoms with Gasteiger partial charge in [0.25, 0.3) is 0 Å². The molecule has 2 aromatic carbocycles. The van der Waals surface area contributed by atoms with Crippen molar-refractivity contribution in [1.29, 1.82) is 0 Å². The van der Waals surface area contributed by atoms with Crippen LogP contribution in [0.4, 0.5) is 5.69 Å². The second-order valence-electron chi connectivity index (χ2n) is 8.05. The molecule has 6 heteroatoms. The van der Waals surface area contributed by atoms with Gasteiger partial charge in [-0.3, -0.25) is 4.79 Å². The lowest BCUT2D eigenvalue weighted by molar-refractivity contribution is -0.122. The molecule has 0 bridgehead atoms. The number of fused-ring (bicyclic) bond motifs is 1. The van der Waals surface area contributed by atoms with Crippen molar-refractivity contribution < 1.29 is 19.0 Å². The molecule has 6 nitrogen and oxygen atoms in total. The Kier molecular flexibility index (Phi) is 4.70. The minimum absolute atomic E-state index is 0.0200. The van der Waals surface area contributed by atoms with E-state index in [4.69, 9.17) is 14.2 Å². The van der Waals surface area contributed by atoms with Crippen LogP contribution in [0.5, 0.6) is 17.2 Å². The first-order valence-corrected chi connectivity index (χ1v) is 10.4. The van der Waals surface area contributed by atoms with E-state index in [1.807, 2.05) is 43.3 Å². The Morgan fingerprint density at radius 2 is 1.79 bits per heavy atom. The molecule has 1 N–H and O–H groups in total. The number of hydrogen-bond donors (Lipinski definition) is 1. The van der Waals surface area contributed by atoms with E-state index in [-0.39, 0.29) is 24.0 Å². The molecule has 5 rings (SSSR count). The van der Waals surface area contributed by atoms with Gasteiger partial charge in [-0.1, -0.05) is 12.1 Å². The number of anilines is 1. The number of ether oxygens (including phenoxy) is 3. The summed E-state index contributed by atoms with van der Waals surface area (Å²) >= 11 is 0. The average Bonchev–Trinajstić information content (AvgIpc) is 3.56. The van der Waals surface area contributed by atoms with Gasteiger partial charge in [0, 0.05) is 17.7 Å². The van der Waals surface area contributed by atoms with Crippen LogP contribution in [0.1, 0.15) is 31.4 Å². The molecule has 1 unspecified atom stereocenters. The van der Waals surface area contributed by atoms with E-state index in [0.717, 1.165) is 54.4 Å². The van der Waals surface area contributed by atoms with Crippen molar-refractivity contribution in [2.75, 3.05) is 31.2 Å². The van der Waals surface area contributed by atoms with Crippen LogP contribution >= 0.6 is 0 Å². The van der Waals surface area contributed by atoms with Crippen LogP contribution in [0.3, 0.4) is 0 Å². The zero-order chi connectivity index (χ0) is 19.8. The zero-order valence-corrected chi connectivity index (χ0v) is 16.6. The molecule has 1 saturated carbocycles. The van der Waals surface area contributed by atoms with Crippen LogP contribution in [0.25, 0.3) is 0 Å². The highest BCUT2D eigenvalue weighted by atomic mass is 16.6. The Morgan fingerprint density at radius 3 is 2.52 bits per heavy atom. The molecule has 2 fully saturated rings. The molecule has 2 aliphatic heterocycles. The van der Waals surface area contributed by atoms with Gasteiger partial charge in [-0.25, -0.2) is 0 Å². The first kappa shape index (κ1) is 18.2. The van der Waals surface area contributed by atoms with Crippen LogP contribution < -0.4 is 24.4 Å². The maximum atomic E-state index is 11.9. The lowest BCUT2D eigenvalue weighted by Crippen LogP contribution is -2.54. The number of nitrogens with one attached hydrogen (secondary N) is 1. The van der Waals surface area contributed by atoms with Crippen molar-refractivity contribution in [2.24, 2.45) is 5.92 Å². The summed E-state index contributed by atoms with van der Waals surface area (Å²) in [7, 11) is 0. The first-order chi connectivity index (χ1) is 14.2. The Labute approximate surface area is 170 Å². The quantitative estimate of drug-likeness (QED) is 0.815. The number of rotatable bonds is 6. The van der Waals surface area contributed by atoms with Crippen LogP contribution in [0, 0.1) is 5.92 Å². The highest BCUT2D eigenvalue weighted by molar-refractivity contribution is 5.81. The van der Waals surface area contributed by atoms with E-state index in [9.17, 15) is 4.79 Å². The van der Waals surface area contributed by atoms with E-state index >= 15 is 0 Å². The van der Waals surface area contributed by atoms with Gasteiger partial charge >= 0.3 is 0 Å². The summed E-state index contributed by atoms with van der Waals surface area (Å²) < 4.78 is 17.3. The van der Waals surface area contributed by atoms with Gasteiger partial charge in [0.05, 0.1) is 19.1 Å². The molecular formula is C23H26N2O4. The number of amides is 1. The van der Waals surface area contributed by atoms with E-state index < -0.39 is 0 Å². The summed E-state index contributed by atoms with van der Waals surface area (Å²) in [6, 6.07) is 14.1. The fraction of sp³-hybridized carbons (Fsp3) is 0.435. The van der Waals surface area contributed by atoms with Crippen molar-refractivity contribution in [2.45, 2.75) is 31.9 Å². The molecule has 0 radical (unpaired) electrons. The van der Waals surface area contributed by atoms with Gasteiger partial charge in [-0.15, -0.1) is 0 Å². The van der Waals surface area contributed by atoms with E-state index in [1.165, 1.54) is 0 Å². The Morgan fingerprint density at radius 1 is 1.07 bits per heavy atom. The number of hydrogen-bond acceptors (Lipinski definition) is 5. The monoisotopic (exact) mass is 394 g/mol. The number of carbonyl (C=O) groups is 1. The maximum absolute atomic E-state index is 11.9. The van der Waals surface area contributed by atoms with Gasteiger partial charge in [0.15, 0.2) is 11.5 Å². The summed E-state index contributed by atoms with van der Waals surface area (Å²) in [6.07, 6.45) is 2.22. The molecule has 3 aliphatic rings. The topological polar surface area (TPSA) is 60.0 Å². The third-order valence-corrected chi connectivity index (χ3v) is 5.73. The van der Waals surface area contributed by atoms with Crippen LogP contribution in [0.15, 0.2) is 42.5 Å². The van der Waals surface area contributed by atoms with Crippen molar-refractivity contribution in [3.63, 3.8) is 0 Å². The molecule has 1 atom stereocenters. The Bertz CT molecular complexity index is 888. The molecule has 1 amide bonds. The smallest absolute Gasteiger partial charge is 0.223 e. The largest absolute Gasteiger partial charge is 0.487 e. The Hall–Kier alpha value is -2.89. The molecule has 2 heterocycles. The first-order valence-electron chi connectivity index (χ1n) is 10.4. The van der Waals surface area contributed by atoms with Crippen molar-refractivity contribution >= 4 is 11.6 Å². The second kappa shape index (κ2) is 7.50. The van der Waals surface area contributed by atoms with Crippen molar-refractivity contribution in [3.8, 4) is 17.2 Å². The summed E-state index contributed by atoms with van der Waals surface area (Å²) in [6.45, 7) is 4.91. The van der Waals surface area contributed by atoms with Crippen LogP contribution in [0.2, 0.25) is 0 Å². The van der Waals surface area contributed by atoms with Crippen LogP contribution in [-0.2, 0) is 4.79 Å². The lowest BCUT2D eigenvalue weighted by atomic mass is 10.1. The SMILES string of the molecule is CC(NC(=O)C1CC1)c1ccc(OC2CN(c3ccc4c(c3)OCCO4)C2)cc1. The standard InChI is InChI=1S/C23H26N2O4/c1-15(24-23(26)17-2-3-17)16-4-7-19(8-5-16)29-20-13-25(14-20)18-6-9-21-22(12-18)28-11-10-27-21/h4-9,12,15,17,20H,2-3,10-11,13-14H2,1H3,(H,24,26). The Balaban J connectivity index is 1.13. The molecule has 152 valence electrons. The number of nitrogens with zero attached hydrogens (tertiary/aromatic N) is 1. The van der Waals surface area contributed by atoms with Crippen molar-refractivity contribution in [3.05, 3.63) is 48.0 Å². The zero-order valence-electron chi connectivity index (χ0n) is 16.6.